The second-order valence-electron chi connectivity index (χ2n) is 6.45. The van der Waals surface area contributed by atoms with E-state index in [9.17, 15) is 4.79 Å². The lowest BCUT2D eigenvalue weighted by molar-refractivity contribution is -0.121. The predicted octanol–water partition coefficient (Wildman–Crippen LogP) is 1.31. The largest absolute Gasteiger partial charge is 0.373 e. The van der Waals surface area contributed by atoms with Crippen LogP contribution >= 0.6 is 0 Å². The smallest absolute Gasteiger partial charge is 0.226 e. The molecule has 7 heteroatoms. The first-order valence-corrected chi connectivity index (χ1v) is 8.39. The van der Waals surface area contributed by atoms with Crippen LogP contribution in [0, 0.1) is 6.92 Å². The van der Waals surface area contributed by atoms with Crippen LogP contribution in [-0.4, -0.2) is 58.8 Å². The Morgan fingerprint density at radius 1 is 1.39 bits per heavy atom. The van der Waals surface area contributed by atoms with E-state index >= 15 is 0 Å². The maximum atomic E-state index is 11.9. The number of amides is 1. The van der Waals surface area contributed by atoms with Gasteiger partial charge in [0, 0.05) is 38.5 Å². The van der Waals surface area contributed by atoms with E-state index < -0.39 is 0 Å². The number of carbonyl (C=O) groups excluding carboxylic acids is 1. The second-order valence-corrected chi connectivity index (χ2v) is 6.45. The van der Waals surface area contributed by atoms with Crippen LogP contribution in [0.5, 0.6) is 0 Å². The lowest BCUT2D eigenvalue weighted by Gasteiger charge is -2.39. The van der Waals surface area contributed by atoms with Crippen LogP contribution in [0.2, 0.25) is 0 Å². The fraction of sp³-hybridized carbons (Fsp3) is 0.812. The van der Waals surface area contributed by atoms with Crippen molar-refractivity contribution < 1.29 is 14.1 Å². The van der Waals surface area contributed by atoms with Crippen molar-refractivity contribution in [2.45, 2.75) is 65.2 Å². The minimum atomic E-state index is 0.0717. The molecule has 3 atom stereocenters. The van der Waals surface area contributed by atoms with E-state index in [4.69, 9.17) is 9.26 Å². The minimum Gasteiger partial charge on any atom is -0.373 e. The summed E-state index contributed by atoms with van der Waals surface area (Å²) in [5.74, 6) is 1.30. The summed E-state index contributed by atoms with van der Waals surface area (Å²) in [6.45, 7) is 10.6. The SMILES string of the molecule is Cc1noc(CCCC(=O)NCC(C)N2CC(C)OC(C)C2)n1. The van der Waals surface area contributed by atoms with Crippen molar-refractivity contribution in [2.24, 2.45) is 0 Å². The van der Waals surface area contributed by atoms with Gasteiger partial charge in [-0.25, -0.2) is 0 Å². The van der Waals surface area contributed by atoms with Gasteiger partial charge in [0.1, 0.15) is 0 Å². The molecule has 1 aromatic heterocycles. The Labute approximate surface area is 137 Å². The predicted molar refractivity (Wildman–Crippen MR) is 86.0 cm³/mol. The van der Waals surface area contributed by atoms with Gasteiger partial charge in [-0.15, -0.1) is 0 Å². The first-order chi connectivity index (χ1) is 10.9. The van der Waals surface area contributed by atoms with Crippen molar-refractivity contribution in [1.82, 2.24) is 20.4 Å². The van der Waals surface area contributed by atoms with Crippen LogP contribution < -0.4 is 5.32 Å². The molecule has 23 heavy (non-hydrogen) atoms. The van der Waals surface area contributed by atoms with Crippen LogP contribution in [-0.2, 0) is 16.0 Å². The van der Waals surface area contributed by atoms with Crippen LogP contribution in [0.4, 0.5) is 0 Å². The number of morpholine rings is 1. The van der Waals surface area contributed by atoms with Crippen molar-refractivity contribution in [1.29, 1.82) is 0 Å². The molecule has 130 valence electrons. The second kappa shape index (κ2) is 8.40. The molecule has 0 aromatic carbocycles. The highest BCUT2D eigenvalue weighted by Gasteiger charge is 2.25. The quantitative estimate of drug-likeness (QED) is 0.814. The Bertz CT molecular complexity index is 495. The molecule has 1 saturated heterocycles. The third-order valence-electron chi connectivity index (χ3n) is 4.03. The molecule has 1 aromatic rings. The summed E-state index contributed by atoms with van der Waals surface area (Å²) in [7, 11) is 0. The number of hydrogen-bond acceptors (Lipinski definition) is 6. The number of nitrogens with zero attached hydrogens (tertiary/aromatic N) is 3. The zero-order valence-electron chi connectivity index (χ0n) is 14.5. The maximum Gasteiger partial charge on any atom is 0.226 e. The van der Waals surface area contributed by atoms with E-state index in [1.54, 1.807) is 6.92 Å². The van der Waals surface area contributed by atoms with Crippen molar-refractivity contribution in [2.75, 3.05) is 19.6 Å². The summed E-state index contributed by atoms with van der Waals surface area (Å²) in [6, 6.07) is 0.311. The molecule has 0 radical (unpaired) electrons. The number of aromatic nitrogens is 2. The molecule has 0 aliphatic carbocycles. The minimum absolute atomic E-state index is 0.0717. The summed E-state index contributed by atoms with van der Waals surface area (Å²) >= 11 is 0. The normalized spacial score (nSPS) is 23.7. The van der Waals surface area contributed by atoms with E-state index in [-0.39, 0.29) is 18.1 Å². The maximum absolute atomic E-state index is 11.9. The lowest BCUT2D eigenvalue weighted by atomic mass is 10.1. The highest BCUT2D eigenvalue weighted by Crippen LogP contribution is 2.13. The molecule has 0 saturated carbocycles. The molecule has 0 spiro atoms. The number of ether oxygens (including phenoxy) is 1. The summed E-state index contributed by atoms with van der Waals surface area (Å²) in [4.78, 5) is 18.4. The molecule has 1 N–H and O–H groups in total. The van der Waals surface area contributed by atoms with Gasteiger partial charge in [0.2, 0.25) is 11.8 Å². The first kappa shape index (κ1) is 17.9. The van der Waals surface area contributed by atoms with E-state index in [1.165, 1.54) is 0 Å². The van der Waals surface area contributed by atoms with Gasteiger partial charge in [-0.2, -0.15) is 4.98 Å². The molecule has 1 aliphatic heterocycles. The molecule has 3 unspecified atom stereocenters. The number of hydrogen-bond donors (Lipinski definition) is 1. The van der Waals surface area contributed by atoms with Gasteiger partial charge >= 0.3 is 0 Å². The molecular formula is C16H28N4O3. The van der Waals surface area contributed by atoms with E-state index in [0.717, 1.165) is 13.1 Å². The number of carbonyl (C=O) groups is 1. The van der Waals surface area contributed by atoms with Crippen molar-refractivity contribution in [3.8, 4) is 0 Å². The van der Waals surface area contributed by atoms with E-state index in [2.05, 4.69) is 41.1 Å². The van der Waals surface area contributed by atoms with Gasteiger partial charge in [-0.05, 0) is 34.1 Å². The van der Waals surface area contributed by atoms with Gasteiger partial charge in [-0.3, -0.25) is 9.69 Å². The fourth-order valence-electron chi connectivity index (χ4n) is 2.90. The molecular weight excluding hydrogens is 296 g/mol. The molecule has 2 heterocycles. The summed E-state index contributed by atoms with van der Waals surface area (Å²) in [5, 5.41) is 6.75. The van der Waals surface area contributed by atoms with Crippen LogP contribution in [0.3, 0.4) is 0 Å². The van der Waals surface area contributed by atoms with E-state index in [0.29, 0.717) is 43.6 Å². The van der Waals surface area contributed by atoms with Crippen LogP contribution in [0.15, 0.2) is 4.52 Å². The Kier molecular flexibility index (Phi) is 6.53. The Morgan fingerprint density at radius 3 is 2.70 bits per heavy atom. The third kappa shape index (κ3) is 5.91. The highest BCUT2D eigenvalue weighted by atomic mass is 16.5. The molecule has 1 fully saturated rings. The molecule has 1 aliphatic rings. The van der Waals surface area contributed by atoms with Crippen LogP contribution in [0.25, 0.3) is 0 Å². The van der Waals surface area contributed by atoms with E-state index in [1.807, 2.05) is 0 Å². The number of aryl methyl sites for hydroxylation is 2. The van der Waals surface area contributed by atoms with Crippen molar-refractivity contribution in [3.63, 3.8) is 0 Å². The number of rotatable bonds is 7. The number of nitrogens with one attached hydrogen (secondary N) is 1. The Balaban J connectivity index is 1.63. The van der Waals surface area contributed by atoms with Crippen molar-refractivity contribution in [3.05, 3.63) is 11.7 Å². The van der Waals surface area contributed by atoms with Gasteiger partial charge in [-0.1, -0.05) is 5.16 Å². The van der Waals surface area contributed by atoms with Crippen LogP contribution in [0.1, 0.15) is 45.3 Å². The molecule has 2 rings (SSSR count). The van der Waals surface area contributed by atoms with Gasteiger partial charge < -0.3 is 14.6 Å². The lowest BCUT2D eigenvalue weighted by Crippen LogP contribution is -2.52. The van der Waals surface area contributed by atoms with Gasteiger partial charge in [0.15, 0.2) is 5.82 Å². The average molecular weight is 324 g/mol. The fourth-order valence-corrected chi connectivity index (χ4v) is 2.90. The average Bonchev–Trinajstić information content (AvgIpc) is 2.89. The van der Waals surface area contributed by atoms with Crippen molar-refractivity contribution >= 4 is 5.91 Å². The zero-order chi connectivity index (χ0) is 16.8. The summed E-state index contributed by atoms with van der Waals surface area (Å²) in [6.07, 6.45) is 2.32. The highest BCUT2D eigenvalue weighted by molar-refractivity contribution is 5.75. The standard InChI is InChI=1S/C16H28N4O3/c1-11(20-9-12(2)22-13(3)10-20)8-17-15(21)6-5-7-16-18-14(4)19-23-16/h11-13H,5-10H2,1-4H3,(H,17,21). The Morgan fingerprint density at radius 2 is 2.09 bits per heavy atom. The zero-order valence-corrected chi connectivity index (χ0v) is 14.5. The Hall–Kier alpha value is -1.47. The molecule has 1 amide bonds. The monoisotopic (exact) mass is 324 g/mol. The summed E-state index contributed by atoms with van der Waals surface area (Å²) in [5.41, 5.74) is 0. The third-order valence-corrected chi connectivity index (χ3v) is 4.03. The topological polar surface area (TPSA) is 80.5 Å². The first-order valence-electron chi connectivity index (χ1n) is 8.39. The van der Waals surface area contributed by atoms with Gasteiger partial charge in [0.25, 0.3) is 0 Å². The summed E-state index contributed by atoms with van der Waals surface area (Å²) < 4.78 is 10.8. The molecule has 7 nitrogen and oxygen atoms in total. The molecule has 0 bridgehead atoms. The van der Waals surface area contributed by atoms with Gasteiger partial charge in [0.05, 0.1) is 12.2 Å².